The molecule has 4 heteroatoms. The second-order valence-corrected chi connectivity index (χ2v) is 9.38. The molecule has 1 fully saturated rings. The number of hydrogen-bond donors (Lipinski definition) is 1. The average molecular weight is 471 g/mol. The van der Waals surface area contributed by atoms with Crippen LogP contribution in [0.1, 0.15) is 34.6 Å². The third-order valence-electron chi connectivity index (χ3n) is 7.29. The fourth-order valence-electron chi connectivity index (χ4n) is 5.38. The number of carbonyl (C=O) groups is 1. The van der Waals surface area contributed by atoms with Crippen LogP contribution in [0.3, 0.4) is 0 Å². The lowest BCUT2D eigenvalue weighted by Crippen LogP contribution is -2.36. The van der Waals surface area contributed by atoms with Gasteiger partial charge < -0.3 is 9.67 Å². The van der Waals surface area contributed by atoms with Gasteiger partial charge in [0.2, 0.25) is 0 Å². The molecule has 36 heavy (non-hydrogen) atoms. The van der Waals surface area contributed by atoms with Crippen LogP contribution in [-0.2, 0) is 10.3 Å². The van der Waals surface area contributed by atoms with Gasteiger partial charge in [0.25, 0.3) is 0 Å². The van der Waals surface area contributed by atoms with Gasteiger partial charge in [-0.25, -0.2) is 4.98 Å². The molecule has 1 heterocycles. The van der Waals surface area contributed by atoms with Gasteiger partial charge in [0.1, 0.15) is 5.54 Å². The molecule has 1 aliphatic carbocycles. The van der Waals surface area contributed by atoms with Crippen molar-refractivity contribution >= 4 is 5.97 Å². The summed E-state index contributed by atoms with van der Waals surface area (Å²) in [5, 5.41) is 9.27. The summed E-state index contributed by atoms with van der Waals surface area (Å²) in [5.74, 6) is -0.837. The van der Waals surface area contributed by atoms with E-state index in [1.165, 1.54) is 0 Å². The molecule has 0 saturated heterocycles. The van der Waals surface area contributed by atoms with E-state index in [1.54, 1.807) is 0 Å². The lowest BCUT2D eigenvalue weighted by molar-refractivity contribution is -0.138. The second-order valence-electron chi connectivity index (χ2n) is 9.38. The summed E-state index contributed by atoms with van der Waals surface area (Å²) in [6.07, 6.45) is 4.74. The van der Waals surface area contributed by atoms with Crippen molar-refractivity contribution in [3.63, 3.8) is 0 Å². The fraction of sp³-hybridized carbons (Fsp3) is 0.125. The van der Waals surface area contributed by atoms with E-state index >= 15 is 0 Å². The number of nitrogens with zero attached hydrogens (tertiary/aromatic N) is 2. The predicted molar refractivity (Wildman–Crippen MR) is 141 cm³/mol. The van der Waals surface area contributed by atoms with Gasteiger partial charge in [-0.2, -0.15) is 0 Å². The van der Waals surface area contributed by atoms with Gasteiger partial charge >= 0.3 is 5.97 Å². The van der Waals surface area contributed by atoms with Crippen molar-refractivity contribution in [3.05, 3.63) is 150 Å². The van der Waals surface area contributed by atoms with E-state index in [9.17, 15) is 9.90 Å². The molecule has 6 rings (SSSR count). The van der Waals surface area contributed by atoms with Crippen LogP contribution in [0, 0.1) is 5.92 Å². The second kappa shape index (κ2) is 8.97. The molecule has 5 aromatic rings. The molecule has 176 valence electrons. The number of rotatable bonds is 7. The maximum absolute atomic E-state index is 11.3. The quantitative estimate of drug-likeness (QED) is 0.273. The minimum Gasteiger partial charge on any atom is -0.481 e. The van der Waals surface area contributed by atoms with Crippen LogP contribution in [-0.4, -0.2) is 20.6 Å². The van der Waals surface area contributed by atoms with Gasteiger partial charge in [0.15, 0.2) is 0 Å². The Balaban J connectivity index is 1.47. The molecule has 0 radical (unpaired) electrons. The Morgan fingerprint density at radius 2 is 1.25 bits per heavy atom. The zero-order valence-corrected chi connectivity index (χ0v) is 19.7. The van der Waals surface area contributed by atoms with Gasteiger partial charge in [-0.15, -0.1) is 0 Å². The minimum atomic E-state index is -0.707. The number of benzene rings is 4. The molecule has 0 aliphatic heterocycles. The van der Waals surface area contributed by atoms with E-state index in [-0.39, 0.29) is 11.8 Å². The maximum Gasteiger partial charge on any atom is 0.307 e. The highest BCUT2D eigenvalue weighted by Gasteiger charge is 2.44. The molecule has 0 bridgehead atoms. The Kier molecular flexibility index (Phi) is 5.49. The number of carboxylic acids is 1. The number of aromatic nitrogens is 2. The van der Waals surface area contributed by atoms with Gasteiger partial charge in [-0.05, 0) is 34.6 Å². The summed E-state index contributed by atoms with van der Waals surface area (Å²) in [6.45, 7) is 0. The van der Waals surface area contributed by atoms with E-state index in [0.29, 0.717) is 0 Å². The molecule has 0 spiro atoms. The Bertz CT molecular complexity index is 1380. The van der Waals surface area contributed by atoms with Crippen LogP contribution in [0.5, 0.6) is 0 Å². The molecule has 2 atom stereocenters. The Labute approximate surface area is 210 Å². The third kappa shape index (κ3) is 3.72. The molecule has 1 aliphatic rings. The molecule has 1 saturated carbocycles. The summed E-state index contributed by atoms with van der Waals surface area (Å²) in [7, 11) is 0. The molecule has 4 nitrogen and oxygen atoms in total. The standard InChI is InChI=1S/C32H26N2O2/c35-31(36)29-20-28(29)23-16-18-24(19-17-23)30-21-34(22-33-30)32(25-10-4-1-5-11-25,26-12-6-2-7-13-26)27-14-8-3-9-15-27/h1-19,21-22,28-29H,20H2,(H,35,36)/t28-,29?/m1/s1. The first-order valence-electron chi connectivity index (χ1n) is 12.2. The summed E-state index contributed by atoms with van der Waals surface area (Å²) in [6, 6.07) is 39.8. The summed E-state index contributed by atoms with van der Waals surface area (Å²) in [5.41, 5.74) is 5.81. The zero-order valence-electron chi connectivity index (χ0n) is 19.7. The normalized spacial score (nSPS) is 17.0. The monoisotopic (exact) mass is 470 g/mol. The van der Waals surface area contributed by atoms with Gasteiger partial charge in [-0.1, -0.05) is 115 Å². The molecule has 1 unspecified atom stereocenters. The van der Waals surface area contributed by atoms with Crippen molar-refractivity contribution < 1.29 is 9.90 Å². The number of carboxylic acid groups (broad SMARTS) is 1. The zero-order chi connectivity index (χ0) is 24.5. The maximum atomic E-state index is 11.3. The highest BCUT2D eigenvalue weighted by Crippen LogP contribution is 2.48. The van der Waals surface area contributed by atoms with Crippen LogP contribution < -0.4 is 0 Å². The van der Waals surface area contributed by atoms with Gasteiger partial charge in [-0.3, -0.25) is 4.79 Å². The first-order chi connectivity index (χ1) is 17.7. The summed E-state index contributed by atoms with van der Waals surface area (Å²) >= 11 is 0. The first-order valence-corrected chi connectivity index (χ1v) is 12.2. The van der Waals surface area contributed by atoms with Crippen LogP contribution in [0.15, 0.2) is 128 Å². The van der Waals surface area contributed by atoms with Crippen molar-refractivity contribution in [2.24, 2.45) is 5.92 Å². The van der Waals surface area contributed by atoms with Crippen LogP contribution in [0.2, 0.25) is 0 Å². The van der Waals surface area contributed by atoms with Crippen molar-refractivity contribution in [2.45, 2.75) is 17.9 Å². The number of hydrogen-bond acceptors (Lipinski definition) is 2. The molecular formula is C32H26N2O2. The van der Waals surface area contributed by atoms with E-state index in [0.717, 1.165) is 39.9 Å². The number of imidazole rings is 1. The minimum absolute atomic E-state index is 0.121. The third-order valence-corrected chi connectivity index (χ3v) is 7.29. The van der Waals surface area contributed by atoms with E-state index in [2.05, 4.69) is 95.7 Å². The average Bonchev–Trinajstić information content (AvgIpc) is 3.61. The van der Waals surface area contributed by atoms with Crippen LogP contribution in [0.25, 0.3) is 11.3 Å². The highest BCUT2D eigenvalue weighted by molar-refractivity contribution is 5.75. The Hall–Kier alpha value is -4.44. The van der Waals surface area contributed by atoms with Crippen molar-refractivity contribution in [3.8, 4) is 11.3 Å². The van der Waals surface area contributed by atoms with Gasteiger partial charge in [0, 0.05) is 11.8 Å². The lowest BCUT2D eigenvalue weighted by Gasteiger charge is -2.37. The van der Waals surface area contributed by atoms with E-state index in [4.69, 9.17) is 4.98 Å². The van der Waals surface area contributed by atoms with Crippen molar-refractivity contribution in [1.82, 2.24) is 9.55 Å². The predicted octanol–water partition coefficient (Wildman–Crippen LogP) is 6.58. The lowest BCUT2D eigenvalue weighted by atomic mass is 9.77. The van der Waals surface area contributed by atoms with Crippen molar-refractivity contribution in [2.75, 3.05) is 0 Å². The van der Waals surface area contributed by atoms with Crippen LogP contribution >= 0.6 is 0 Å². The van der Waals surface area contributed by atoms with Gasteiger partial charge in [0.05, 0.1) is 17.9 Å². The summed E-state index contributed by atoms with van der Waals surface area (Å²) in [4.78, 5) is 16.1. The summed E-state index contributed by atoms with van der Waals surface area (Å²) < 4.78 is 2.21. The Morgan fingerprint density at radius 3 is 1.69 bits per heavy atom. The number of aliphatic carboxylic acids is 1. The molecule has 1 aromatic heterocycles. The largest absolute Gasteiger partial charge is 0.481 e. The molecule has 1 N–H and O–H groups in total. The highest BCUT2D eigenvalue weighted by atomic mass is 16.4. The fourth-order valence-corrected chi connectivity index (χ4v) is 5.38. The SMILES string of the molecule is O=C(O)C1C[C@@H]1c1ccc(-c2cn(C(c3ccccc3)(c3ccccc3)c3ccccc3)cn2)cc1. The molecular weight excluding hydrogens is 444 g/mol. The first kappa shape index (κ1) is 22.1. The van der Waals surface area contributed by atoms with E-state index in [1.807, 2.05) is 36.7 Å². The smallest absolute Gasteiger partial charge is 0.307 e. The molecule has 4 aromatic carbocycles. The van der Waals surface area contributed by atoms with E-state index < -0.39 is 11.5 Å². The Morgan fingerprint density at radius 1 is 0.750 bits per heavy atom. The molecule has 0 amide bonds. The topological polar surface area (TPSA) is 55.1 Å². The van der Waals surface area contributed by atoms with Crippen molar-refractivity contribution in [1.29, 1.82) is 0 Å². The van der Waals surface area contributed by atoms with Crippen LogP contribution in [0.4, 0.5) is 0 Å².